The van der Waals surface area contributed by atoms with E-state index in [9.17, 15) is 4.21 Å². The minimum absolute atomic E-state index is 0.345. The zero-order valence-corrected chi connectivity index (χ0v) is 15.8. The molecule has 3 unspecified atom stereocenters. The molecule has 5 heteroatoms. The molecule has 134 valence electrons. The highest BCUT2D eigenvalue weighted by atomic mass is 32.2. The fourth-order valence-corrected chi connectivity index (χ4v) is 4.63. The number of nitrogens with zero attached hydrogens (tertiary/aromatic N) is 1. The van der Waals surface area contributed by atoms with Crippen molar-refractivity contribution in [2.75, 3.05) is 19.3 Å². The van der Waals surface area contributed by atoms with Gasteiger partial charge in [0.25, 0.3) is 0 Å². The summed E-state index contributed by atoms with van der Waals surface area (Å²) in [4.78, 5) is 4.34. The summed E-state index contributed by atoms with van der Waals surface area (Å²) in [6, 6.07) is 11.0. The first-order valence-electron chi connectivity index (χ1n) is 9.11. The number of hydrogen-bond donors (Lipinski definition) is 2. The third kappa shape index (κ3) is 6.27. The van der Waals surface area contributed by atoms with Crippen LogP contribution in [-0.4, -0.2) is 40.8 Å². The van der Waals surface area contributed by atoms with Gasteiger partial charge in [0.05, 0.1) is 0 Å². The van der Waals surface area contributed by atoms with E-state index in [2.05, 4.69) is 46.0 Å². The number of aryl methyl sites for hydroxylation is 1. The largest absolute Gasteiger partial charge is 0.356 e. The van der Waals surface area contributed by atoms with E-state index in [0.717, 1.165) is 56.8 Å². The third-order valence-electron chi connectivity index (χ3n) is 4.62. The molecule has 4 nitrogen and oxygen atoms in total. The van der Waals surface area contributed by atoms with Crippen molar-refractivity contribution < 1.29 is 4.21 Å². The van der Waals surface area contributed by atoms with Gasteiger partial charge in [-0.1, -0.05) is 43.7 Å². The van der Waals surface area contributed by atoms with Crippen molar-refractivity contribution >= 4 is 16.8 Å². The molecule has 0 saturated heterocycles. The number of hydrogen-bond acceptors (Lipinski definition) is 2. The standard InChI is InChI=1S/C19H31N3OS/c1-3-24(23)18-13-7-12-17(15-18)22-19(20-2)21-14-8-11-16-9-5-4-6-10-16/h4-6,9-10,17-18H,3,7-8,11-15H2,1-2H3,(H2,20,21,22). The summed E-state index contributed by atoms with van der Waals surface area (Å²) in [5.74, 6) is 1.64. The SMILES string of the molecule is CCS(=O)C1CCCC(NC(=NC)NCCCc2ccccc2)C1. The van der Waals surface area contributed by atoms with Crippen molar-refractivity contribution in [3.05, 3.63) is 35.9 Å². The maximum absolute atomic E-state index is 12.1. The average molecular weight is 350 g/mol. The summed E-state index contributed by atoms with van der Waals surface area (Å²) in [5.41, 5.74) is 1.37. The average Bonchev–Trinajstić information content (AvgIpc) is 2.64. The van der Waals surface area contributed by atoms with Crippen LogP contribution in [0.4, 0.5) is 0 Å². The fourth-order valence-electron chi connectivity index (χ4n) is 3.28. The highest BCUT2D eigenvalue weighted by Gasteiger charge is 2.25. The number of guanidine groups is 1. The van der Waals surface area contributed by atoms with E-state index in [0.29, 0.717) is 11.3 Å². The first-order chi connectivity index (χ1) is 11.7. The van der Waals surface area contributed by atoms with Gasteiger partial charge < -0.3 is 10.6 Å². The molecule has 1 aliphatic rings. The van der Waals surface area contributed by atoms with Crippen LogP contribution < -0.4 is 10.6 Å². The van der Waals surface area contributed by atoms with E-state index in [1.807, 2.05) is 14.0 Å². The maximum Gasteiger partial charge on any atom is 0.191 e. The van der Waals surface area contributed by atoms with E-state index >= 15 is 0 Å². The minimum atomic E-state index is -0.679. The van der Waals surface area contributed by atoms with E-state index in [1.165, 1.54) is 5.56 Å². The second-order valence-electron chi connectivity index (χ2n) is 6.39. The molecule has 24 heavy (non-hydrogen) atoms. The monoisotopic (exact) mass is 349 g/mol. The smallest absolute Gasteiger partial charge is 0.191 e. The lowest BCUT2D eigenvalue weighted by molar-refractivity contribution is 0.413. The van der Waals surface area contributed by atoms with Crippen molar-refractivity contribution in [1.29, 1.82) is 0 Å². The Morgan fingerprint density at radius 1 is 1.29 bits per heavy atom. The lowest BCUT2D eigenvalue weighted by atomic mass is 9.95. The normalized spacial score (nSPS) is 22.8. The Morgan fingerprint density at radius 2 is 2.08 bits per heavy atom. The molecule has 1 saturated carbocycles. The van der Waals surface area contributed by atoms with Crippen molar-refractivity contribution in [2.45, 2.75) is 56.7 Å². The van der Waals surface area contributed by atoms with E-state index in [-0.39, 0.29) is 0 Å². The molecule has 2 rings (SSSR count). The lowest BCUT2D eigenvalue weighted by Gasteiger charge is -2.30. The van der Waals surface area contributed by atoms with E-state index < -0.39 is 10.8 Å². The van der Waals surface area contributed by atoms with Crippen LogP contribution in [0.25, 0.3) is 0 Å². The number of aliphatic imine (C=N–C) groups is 1. The molecule has 0 spiro atoms. The molecule has 2 N–H and O–H groups in total. The number of benzene rings is 1. The Kier molecular flexibility index (Phi) is 8.29. The van der Waals surface area contributed by atoms with Crippen LogP contribution in [0.3, 0.4) is 0 Å². The van der Waals surface area contributed by atoms with Gasteiger partial charge in [0.15, 0.2) is 5.96 Å². The van der Waals surface area contributed by atoms with Gasteiger partial charge in [0, 0.05) is 41.4 Å². The summed E-state index contributed by atoms with van der Waals surface area (Å²) in [6.07, 6.45) is 6.54. The van der Waals surface area contributed by atoms with Gasteiger partial charge in [-0.05, 0) is 37.7 Å². The van der Waals surface area contributed by atoms with Crippen molar-refractivity contribution in [3.63, 3.8) is 0 Å². The molecule has 0 aromatic heterocycles. The summed E-state index contributed by atoms with van der Waals surface area (Å²) in [7, 11) is 1.14. The van der Waals surface area contributed by atoms with Gasteiger partial charge in [0.2, 0.25) is 0 Å². The molecular formula is C19H31N3OS. The molecule has 1 aliphatic carbocycles. The predicted molar refractivity (Wildman–Crippen MR) is 104 cm³/mol. The van der Waals surface area contributed by atoms with Gasteiger partial charge in [-0.15, -0.1) is 0 Å². The Bertz CT molecular complexity index is 533. The van der Waals surface area contributed by atoms with Crippen LogP contribution in [0, 0.1) is 0 Å². The predicted octanol–water partition coefficient (Wildman–Crippen LogP) is 2.86. The lowest BCUT2D eigenvalue weighted by Crippen LogP contribution is -2.46. The van der Waals surface area contributed by atoms with Crippen LogP contribution in [0.5, 0.6) is 0 Å². The summed E-state index contributed by atoms with van der Waals surface area (Å²) < 4.78 is 12.1. The van der Waals surface area contributed by atoms with Crippen LogP contribution in [0.2, 0.25) is 0 Å². The van der Waals surface area contributed by atoms with Gasteiger partial charge in [0.1, 0.15) is 0 Å². The molecule has 1 aromatic rings. The maximum atomic E-state index is 12.1. The molecule has 1 fully saturated rings. The highest BCUT2D eigenvalue weighted by molar-refractivity contribution is 7.85. The minimum Gasteiger partial charge on any atom is -0.356 e. The van der Waals surface area contributed by atoms with E-state index in [4.69, 9.17) is 0 Å². The van der Waals surface area contributed by atoms with Crippen LogP contribution in [0.1, 0.15) is 44.6 Å². The first-order valence-corrected chi connectivity index (χ1v) is 10.5. The Labute approximate surface area is 149 Å². The summed E-state index contributed by atoms with van der Waals surface area (Å²) in [5, 5.41) is 7.27. The number of rotatable bonds is 7. The van der Waals surface area contributed by atoms with Gasteiger partial charge in [-0.3, -0.25) is 9.20 Å². The van der Waals surface area contributed by atoms with Crippen molar-refractivity contribution in [3.8, 4) is 0 Å². The second kappa shape index (κ2) is 10.5. The molecule has 3 atom stereocenters. The van der Waals surface area contributed by atoms with Crippen LogP contribution in [0.15, 0.2) is 35.3 Å². The molecular weight excluding hydrogens is 318 g/mol. The zero-order chi connectivity index (χ0) is 17.2. The quantitative estimate of drug-likeness (QED) is 0.452. The van der Waals surface area contributed by atoms with Gasteiger partial charge >= 0.3 is 0 Å². The second-order valence-corrected chi connectivity index (χ2v) is 8.39. The van der Waals surface area contributed by atoms with Gasteiger partial charge in [-0.2, -0.15) is 0 Å². The van der Waals surface area contributed by atoms with E-state index in [1.54, 1.807) is 0 Å². The molecule has 0 radical (unpaired) electrons. The summed E-state index contributed by atoms with van der Waals surface area (Å²) >= 11 is 0. The number of nitrogens with one attached hydrogen (secondary N) is 2. The Hall–Kier alpha value is -1.36. The first kappa shape index (κ1) is 19.0. The summed E-state index contributed by atoms with van der Waals surface area (Å²) in [6.45, 7) is 2.92. The molecule has 0 heterocycles. The Morgan fingerprint density at radius 3 is 2.79 bits per heavy atom. The zero-order valence-electron chi connectivity index (χ0n) is 15.0. The molecule has 1 aromatic carbocycles. The fraction of sp³-hybridized carbons (Fsp3) is 0.632. The van der Waals surface area contributed by atoms with Crippen molar-refractivity contribution in [2.24, 2.45) is 4.99 Å². The van der Waals surface area contributed by atoms with Crippen LogP contribution >= 0.6 is 0 Å². The molecule has 0 amide bonds. The highest BCUT2D eigenvalue weighted by Crippen LogP contribution is 2.22. The van der Waals surface area contributed by atoms with Crippen molar-refractivity contribution in [1.82, 2.24) is 10.6 Å². The third-order valence-corrected chi connectivity index (χ3v) is 6.37. The molecule has 0 bridgehead atoms. The Balaban J connectivity index is 1.71. The van der Waals surface area contributed by atoms with Gasteiger partial charge in [-0.25, -0.2) is 0 Å². The topological polar surface area (TPSA) is 53.5 Å². The molecule has 0 aliphatic heterocycles. The van der Waals surface area contributed by atoms with Crippen LogP contribution in [-0.2, 0) is 17.2 Å².